The molecule has 0 radical (unpaired) electrons. The Labute approximate surface area is 146 Å². The third-order valence-corrected chi connectivity index (χ3v) is 5.33. The van der Waals surface area contributed by atoms with E-state index in [2.05, 4.69) is 68.1 Å². The molecule has 0 saturated carbocycles. The SMILES string of the molecule is CCCOc1cncc(C(NCC)c2cc(Br)sc2Br)c1. The fourth-order valence-electron chi connectivity index (χ4n) is 2.05. The zero-order chi connectivity index (χ0) is 15.2. The second-order valence-electron chi connectivity index (χ2n) is 4.57. The first-order valence-electron chi connectivity index (χ1n) is 6.91. The highest BCUT2D eigenvalue weighted by atomic mass is 79.9. The van der Waals surface area contributed by atoms with Crippen LogP contribution >= 0.6 is 43.2 Å². The summed E-state index contributed by atoms with van der Waals surface area (Å²) in [7, 11) is 0. The topological polar surface area (TPSA) is 34.1 Å². The monoisotopic (exact) mass is 432 g/mol. The summed E-state index contributed by atoms with van der Waals surface area (Å²) >= 11 is 8.86. The van der Waals surface area contributed by atoms with Crippen molar-refractivity contribution in [2.24, 2.45) is 0 Å². The first-order chi connectivity index (χ1) is 10.2. The van der Waals surface area contributed by atoms with E-state index in [1.54, 1.807) is 17.5 Å². The van der Waals surface area contributed by atoms with Crippen molar-refractivity contribution < 1.29 is 4.74 Å². The normalized spacial score (nSPS) is 12.4. The average Bonchev–Trinajstić information content (AvgIpc) is 2.81. The second kappa shape index (κ2) is 8.27. The van der Waals surface area contributed by atoms with Gasteiger partial charge in [0.25, 0.3) is 0 Å². The number of nitrogens with zero attached hydrogens (tertiary/aromatic N) is 1. The molecule has 0 aliphatic rings. The largest absolute Gasteiger partial charge is 0.492 e. The molecule has 0 saturated heterocycles. The van der Waals surface area contributed by atoms with Gasteiger partial charge < -0.3 is 10.1 Å². The van der Waals surface area contributed by atoms with Gasteiger partial charge in [-0.1, -0.05) is 13.8 Å². The van der Waals surface area contributed by atoms with Crippen LogP contribution in [0.15, 0.2) is 32.1 Å². The van der Waals surface area contributed by atoms with Crippen LogP contribution < -0.4 is 10.1 Å². The van der Waals surface area contributed by atoms with E-state index in [1.165, 1.54) is 5.56 Å². The maximum atomic E-state index is 5.69. The van der Waals surface area contributed by atoms with Crippen molar-refractivity contribution in [3.8, 4) is 5.75 Å². The number of halogens is 2. The molecule has 3 nitrogen and oxygen atoms in total. The molecule has 21 heavy (non-hydrogen) atoms. The highest BCUT2D eigenvalue weighted by Gasteiger charge is 2.19. The predicted octanol–water partition coefficient (Wildman–Crippen LogP) is 5.16. The van der Waals surface area contributed by atoms with Gasteiger partial charge >= 0.3 is 0 Å². The smallest absolute Gasteiger partial charge is 0.137 e. The van der Waals surface area contributed by atoms with Crippen molar-refractivity contribution >= 4 is 43.2 Å². The molecule has 114 valence electrons. The van der Waals surface area contributed by atoms with Gasteiger partial charge in [-0.2, -0.15) is 0 Å². The number of aromatic nitrogens is 1. The van der Waals surface area contributed by atoms with E-state index in [1.807, 2.05) is 6.20 Å². The van der Waals surface area contributed by atoms with E-state index in [0.29, 0.717) is 6.61 Å². The van der Waals surface area contributed by atoms with E-state index in [-0.39, 0.29) is 6.04 Å². The maximum absolute atomic E-state index is 5.69. The van der Waals surface area contributed by atoms with Crippen LogP contribution in [-0.4, -0.2) is 18.1 Å². The molecule has 0 bridgehead atoms. The molecule has 0 aromatic carbocycles. The minimum Gasteiger partial charge on any atom is -0.492 e. The summed E-state index contributed by atoms with van der Waals surface area (Å²) in [5.41, 5.74) is 2.32. The summed E-state index contributed by atoms with van der Waals surface area (Å²) in [4.78, 5) is 4.31. The van der Waals surface area contributed by atoms with Crippen molar-refractivity contribution in [3.63, 3.8) is 0 Å². The minimum atomic E-state index is 0.101. The molecule has 1 N–H and O–H groups in total. The molecule has 1 unspecified atom stereocenters. The first-order valence-corrected chi connectivity index (χ1v) is 9.31. The fraction of sp³-hybridized carbons (Fsp3) is 0.400. The Morgan fingerprint density at radius 3 is 2.71 bits per heavy atom. The van der Waals surface area contributed by atoms with Crippen LogP contribution in [0, 0.1) is 0 Å². The molecule has 2 rings (SSSR count). The number of thiophene rings is 1. The van der Waals surface area contributed by atoms with Crippen molar-refractivity contribution in [1.29, 1.82) is 0 Å². The molecule has 0 aliphatic heterocycles. The second-order valence-corrected chi connectivity index (χ2v) is 8.32. The van der Waals surface area contributed by atoms with Gasteiger partial charge in [-0.15, -0.1) is 11.3 Å². The first kappa shape index (κ1) is 16.9. The van der Waals surface area contributed by atoms with Gasteiger partial charge in [0.05, 0.1) is 26.4 Å². The molecular formula is C15H18Br2N2OS. The van der Waals surface area contributed by atoms with Gasteiger partial charge in [0.15, 0.2) is 0 Å². The van der Waals surface area contributed by atoms with Gasteiger partial charge in [-0.25, -0.2) is 0 Å². The summed E-state index contributed by atoms with van der Waals surface area (Å²) < 4.78 is 7.92. The molecule has 0 fully saturated rings. The van der Waals surface area contributed by atoms with E-state index in [0.717, 1.165) is 31.9 Å². The molecule has 0 aliphatic carbocycles. The Morgan fingerprint density at radius 1 is 1.29 bits per heavy atom. The number of rotatable bonds is 7. The van der Waals surface area contributed by atoms with Crippen molar-refractivity contribution in [2.75, 3.05) is 13.2 Å². The third kappa shape index (κ3) is 4.52. The van der Waals surface area contributed by atoms with Crippen LogP contribution in [0.4, 0.5) is 0 Å². The fourth-order valence-corrected chi connectivity index (χ4v) is 4.96. The Hall–Kier alpha value is -0.430. The number of nitrogens with one attached hydrogen (secondary N) is 1. The zero-order valence-corrected chi connectivity index (χ0v) is 16.0. The average molecular weight is 434 g/mol. The van der Waals surface area contributed by atoms with Gasteiger partial charge in [-0.05, 0) is 68.1 Å². The Morgan fingerprint density at radius 2 is 2.10 bits per heavy atom. The summed E-state index contributed by atoms with van der Waals surface area (Å²) in [5.74, 6) is 0.822. The lowest BCUT2D eigenvalue weighted by atomic mass is 10.0. The molecule has 1 atom stereocenters. The predicted molar refractivity (Wildman–Crippen MR) is 95.3 cm³/mol. The highest BCUT2D eigenvalue weighted by molar-refractivity contribution is 9.12. The highest BCUT2D eigenvalue weighted by Crippen LogP contribution is 2.38. The van der Waals surface area contributed by atoms with Crippen molar-refractivity contribution in [2.45, 2.75) is 26.3 Å². The van der Waals surface area contributed by atoms with Crippen LogP contribution in [0.1, 0.15) is 37.4 Å². The molecule has 0 spiro atoms. The van der Waals surface area contributed by atoms with E-state index in [4.69, 9.17) is 4.74 Å². The summed E-state index contributed by atoms with van der Waals surface area (Å²) in [6, 6.07) is 4.31. The van der Waals surface area contributed by atoms with Crippen LogP contribution in [0.3, 0.4) is 0 Å². The lowest BCUT2D eigenvalue weighted by molar-refractivity contribution is 0.315. The van der Waals surface area contributed by atoms with Crippen LogP contribution in [0.2, 0.25) is 0 Å². The molecule has 2 aromatic heterocycles. The Balaban J connectivity index is 2.31. The molecule has 2 heterocycles. The van der Waals surface area contributed by atoms with E-state index in [9.17, 15) is 0 Å². The van der Waals surface area contributed by atoms with Gasteiger partial charge in [0.1, 0.15) is 5.75 Å². The third-order valence-electron chi connectivity index (χ3n) is 2.94. The molecule has 0 amide bonds. The van der Waals surface area contributed by atoms with E-state index >= 15 is 0 Å². The standard InChI is InChI=1S/C15H18Br2N2OS/c1-3-5-20-11-6-10(8-18-9-11)14(19-4-2)12-7-13(16)21-15(12)17/h6-9,14,19H,3-5H2,1-2H3. The van der Waals surface area contributed by atoms with Gasteiger partial charge in [0, 0.05) is 6.20 Å². The van der Waals surface area contributed by atoms with Crippen molar-refractivity contribution in [1.82, 2.24) is 10.3 Å². The van der Waals surface area contributed by atoms with Crippen LogP contribution in [0.5, 0.6) is 5.75 Å². The van der Waals surface area contributed by atoms with Gasteiger partial charge in [-0.3, -0.25) is 4.98 Å². The molecule has 6 heteroatoms. The number of pyridine rings is 1. The lowest BCUT2D eigenvalue weighted by Crippen LogP contribution is -2.22. The van der Waals surface area contributed by atoms with Crippen LogP contribution in [0.25, 0.3) is 0 Å². The molecular weight excluding hydrogens is 416 g/mol. The van der Waals surface area contributed by atoms with Crippen LogP contribution in [-0.2, 0) is 0 Å². The number of hydrogen-bond donors (Lipinski definition) is 1. The quantitative estimate of drug-likeness (QED) is 0.654. The van der Waals surface area contributed by atoms with Gasteiger partial charge in [0.2, 0.25) is 0 Å². The van der Waals surface area contributed by atoms with E-state index < -0.39 is 0 Å². The number of ether oxygens (including phenoxy) is 1. The summed E-state index contributed by atoms with van der Waals surface area (Å²) in [6.07, 6.45) is 4.65. The minimum absolute atomic E-state index is 0.101. The zero-order valence-electron chi connectivity index (χ0n) is 12.0. The Bertz CT molecular complexity index is 589. The summed E-state index contributed by atoms with van der Waals surface area (Å²) in [5, 5.41) is 3.51. The molecule has 2 aromatic rings. The number of hydrogen-bond acceptors (Lipinski definition) is 4. The van der Waals surface area contributed by atoms with Crippen molar-refractivity contribution in [3.05, 3.63) is 43.2 Å². The summed E-state index contributed by atoms with van der Waals surface area (Å²) in [6.45, 7) is 5.79. The Kier molecular flexibility index (Phi) is 6.67. The lowest BCUT2D eigenvalue weighted by Gasteiger charge is -2.18. The maximum Gasteiger partial charge on any atom is 0.137 e.